The minimum absolute atomic E-state index is 0.106. The molecule has 1 rings (SSSR count). The predicted molar refractivity (Wildman–Crippen MR) is 66.2 cm³/mol. The molecule has 17 heavy (non-hydrogen) atoms. The molecule has 0 radical (unpaired) electrons. The molecule has 0 heterocycles. The first-order chi connectivity index (χ1) is 8.26. The zero-order valence-corrected chi connectivity index (χ0v) is 10.1. The Balaban J connectivity index is 2.27. The van der Waals surface area contributed by atoms with Crippen molar-refractivity contribution >= 4 is 5.78 Å². The first-order valence-corrected chi connectivity index (χ1v) is 5.68. The van der Waals surface area contributed by atoms with Gasteiger partial charge in [0.15, 0.2) is 5.78 Å². The number of methoxy groups -OCH3 is 1. The van der Waals surface area contributed by atoms with Gasteiger partial charge in [0.2, 0.25) is 0 Å². The van der Waals surface area contributed by atoms with Gasteiger partial charge in [-0.15, -0.1) is 0 Å². The second kappa shape index (κ2) is 7.81. The molecular formula is C13H19NO3. The minimum atomic E-state index is 0.106. The maximum Gasteiger partial charge on any atom is 0.158 e. The van der Waals surface area contributed by atoms with Crippen LogP contribution in [0.5, 0.6) is 5.75 Å². The lowest BCUT2D eigenvalue weighted by Gasteiger charge is -2.04. The third kappa shape index (κ3) is 5.47. The number of hydrogen-bond donors (Lipinski definition) is 1. The Bertz CT molecular complexity index is 335. The first-order valence-electron chi connectivity index (χ1n) is 5.68. The molecule has 0 unspecified atom stereocenters. The van der Waals surface area contributed by atoms with Crippen molar-refractivity contribution in [3.63, 3.8) is 0 Å². The lowest BCUT2D eigenvalue weighted by Crippen LogP contribution is -2.14. The summed E-state index contributed by atoms with van der Waals surface area (Å²) >= 11 is 0. The second-order valence-electron chi connectivity index (χ2n) is 3.73. The number of ketones is 1. The number of rotatable bonds is 8. The van der Waals surface area contributed by atoms with Crippen LogP contribution in [0.4, 0.5) is 0 Å². The molecule has 0 aliphatic rings. The van der Waals surface area contributed by atoms with Crippen LogP contribution < -0.4 is 10.5 Å². The van der Waals surface area contributed by atoms with E-state index in [1.165, 1.54) is 0 Å². The fraction of sp³-hybridized carbons (Fsp3) is 0.462. The van der Waals surface area contributed by atoms with Gasteiger partial charge in [-0.2, -0.15) is 0 Å². The Hall–Kier alpha value is -1.39. The Labute approximate surface area is 102 Å². The maximum atomic E-state index is 11.4. The fourth-order valence-electron chi connectivity index (χ4n) is 1.42. The molecular weight excluding hydrogens is 218 g/mol. The molecule has 0 atom stereocenters. The number of carbonyl (C=O) groups excluding carboxylic acids is 1. The summed E-state index contributed by atoms with van der Waals surface area (Å²) in [6.45, 7) is 1.05. The third-order valence-corrected chi connectivity index (χ3v) is 2.38. The highest BCUT2D eigenvalue weighted by molar-refractivity contribution is 5.79. The quantitative estimate of drug-likeness (QED) is 0.689. The zero-order chi connectivity index (χ0) is 12.5. The number of ether oxygens (including phenoxy) is 2. The highest BCUT2D eigenvalue weighted by Gasteiger charge is 2.03. The summed E-state index contributed by atoms with van der Waals surface area (Å²) in [7, 11) is 1.63. The van der Waals surface area contributed by atoms with Gasteiger partial charge >= 0.3 is 0 Å². The smallest absolute Gasteiger partial charge is 0.158 e. The van der Waals surface area contributed by atoms with E-state index in [0.717, 1.165) is 17.7 Å². The largest absolute Gasteiger partial charge is 0.497 e. The van der Waals surface area contributed by atoms with Crippen molar-refractivity contribution < 1.29 is 14.3 Å². The van der Waals surface area contributed by atoms with Crippen molar-refractivity contribution in [2.45, 2.75) is 12.8 Å². The molecule has 2 N–H and O–H groups in total. The molecule has 0 bridgehead atoms. The van der Waals surface area contributed by atoms with Crippen LogP contribution in [0.1, 0.15) is 12.0 Å². The molecule has 0 amide bonds. The van der Waals surface area contributed by atoms with E-state index >= 15 is 0 Å². The van der Waals surface area contributed by atoms with Gasteiger partial charge in [-0.25, -0.2) is 0 Å². The van der Waals surface area contributed by atoms with Crippen LogP contribution >= 0.6 is 0 Å². The molecule has 1 aromatic carbocycles. The van der Waals surface area contributed by atoms with Crippen LogP contribution in [0.25, 0.3) is 0 Å². The van der Waals surface area contributed by atoms with E-state index in [4.69, 9.17) is 15.2 Å². The monoisotopic (exact) mass is 237 g/mol. The standard InChI is InChI=1S/C13H19NO3/c1-16-13-6-3-11(4-7-13)2-5-12(15)10-17-9-8-14/h3-4,6-7H,2,5,8-10,14H2,1H3. The Morgan fingerprint density at radius 2 is 2.00 bits per heavy atom. The van der Waals surface area contributed by atoms with E-state index in [2.05, 4.69) is 0 Å². The second-order valence-corrected chi connectivity index (χ2v) is 3.73. The van der Waals surface area contributed by atoms with Crippen molar-refractivity contribution in [1.29, 1.82) is 0 Å². The molecule has 0 saturated carbocycles. The minimum Gasteiger partial charge on any atom is -0.497 e. The summed E-state index contributed by atoms with van der Waals surface area (Å²) in [4.78, 5) is 11.4. The number of hydrogen-bond acceptors (Lipinski definition) is 4. The molecule has 4 heteroatoms. The molecule has 0 aliphatic carbocycles. The average molecular weight is 237 g/mol. The summed E-state index contributed by atoms with van der Waals surface area (Å²) in [6, 6.07) is 7.72. The van der Waals surface area contributed by atoms with E-state index in [0.29, 0.717) is 19.6 Å². The van der Waals surface area contributed by atoms with Crippen molar-refractivity contribution in [1.82, 2.24) is 0 Å². The van der Waals surface area contributed by atoms with Gasteiger partial charge in [-0.1, -0.05) is 12.1 Å². The van der Waals surface area contributed by atoms with Crippen molar-refractivity contribution in [3.8, 4) is 5.75 Å². The first kappa shape index (κ1) is 13.7. The third-order valence-electron chi connectivity index (χ3n) is 2.38. The van der Waals surface area contributed by atoms with Crippen LogP contribution in [0, 0.1) is 0 Å². The highest BCUT2D eigenvalue weighted by atomic mass is 16.5. The zero-order valence-electron chi connectivity index (χ0n) is 10.1. The van der Waals surface area contributed by atoms with Crippen LogP contribution in [0.2, 0.25) is 0 Å². The fourth-order valence-corrected chi connectivity index (χ4v) is 1.42. The topological polar surface area (TPSA) is 61.5 Å². The van der Waals surface area contributed by atoms with E-state index < -0.39 is 0 Å². The molecule has 1 aromatic rings. The van der Waals surface area contributed by atoms with E-state index in [1.807, 2.05) is 24.3 Å². The van der Waals surface area contributed by atoms with E-state index in [1.54, 1.807) is 7.11 Å². The maximum absolute atomic E-state index is 11.4. The number of aryl methyl sites for hydroxylation is 1. The Morgan fingerprint density at radius 1 is 1.29 bits per heavy atom. The van der Waals surface area contributed by atoms with E-state index in [9.17, 15) is 4.79 Å². The molecule has 4 nitrogen and oxygen atoms in total. The number of nitrogens with two attached hydrogens (primary N) is 1. The average Bonchev–Trinajstić information content (AvgIpc) is 2.37. The summed E-state index contributed by atoms with van der Waals surface area (Å²) in [5.74, 6) is 0.931. The van der Waals surface area contributed by atoms with Crippen molar-refractivity contribution in [2.75, 3.05) is 26.9 Å². The molecule has 0 spiro atoms. The SMILES string of the molecule is COc1ccc(CCC(=O)COCCN)cc1. The van der Waals surface area contributed by atoms with Gasteiger partial charge in [0.05, 0.1) is 13.7 Å². The van der Waals surface area contributed by atoms with E-state index in [-0.39, 0.29) is 12.4 Å². The molecule has 0 aromatic heterocycles. The predicted octanol–water partition coefficient (Wildman–Crippen LogP) is 1.17. The molecule has 0 aliphatic heterocycles. The van der Waals surface area contributed by atoms with Gasteiger partial charge in [0.25, 0.3) is 0 Å². The Morgan fingerprint density at radius 3 is 2.59 bits per heavy atom. The lowest BCUT2D eigenvalue weighted by molar-refractivity contribution is -0.123. The lowest BCUT2D eigenvalue weighted by atomic mass is 10.1. The number of Topliss-reactive ketones (excluding diaryl/α,β-unsaturated/α-hetero) is 1. The molecule has 94 valence electrons. The summed E-state index contributed by atoms with van der Waals surface area (Å²) in [5, 5.41) is 0. The van der Waals surface area contributed by atoms with Gasteiger partial charge in [-0.05, 0) is 24.1 Å². The van der Waals surface area contributed by atoms with Gasteiger partial charge < -0.3 is 15.2 Å². The van der Waals surface area contributed by atoms with Crippen LogP contribution in [-0.4, -0.2) is 32.7 Å². The van der Waals surface area contributed by atoms with Crippen LogP contribution in [0.3, 0.4) is 0 Å². The summed E-state index contributed by atoms with van der Waals surface area (Å²) in [6.07, 6.45) is 1.23. The van der Waals surface area contributed by atoms with Gasteiger partial charge in [0, 0.05) is 13.0 Å². The Kier molecular flexibility index (Phi) is 6.29. The number of carbonyl (C=O) groups is 1. The van der Waals surface area contributed by atoms with Gasteiger partial charge in [0.1, 0.15) is 12.4 Å². The van der Waals surface area contributed by atoms with Crippen LogP contribution in [-0.2, 0) is 16.0 Å². The molecule has 0 fully saturated rings. The number of benzene rings is 1. The van der Waals surface area contributed by atoms with Gasteiger partial charge in [-0.3, -0.25) is 4.79 Å². The van der Waals surface area contributed by atoms with Crippen LogP contribution in [0.15, 0.2) is 24.3 Å². The highest BCUT2D eigenvalue weighted by Crippen LogP contribution is 2.12. The summed E-state index contributed by atoms with van der Waals surface area (Å²) < 4.78 is 10.1. The normalized spacial score (nSPS) is 10.2. The van der Waals surface area contributed by atoms with Crippen molar-refractivity contribution in [2.24, 2.45) is 5.73 Å². The summed E-state index contributed by atoms with van der Waals surface area (Å²) in [5.41, 5.74) is 6.38. The van der Waals surface area contributed by atoms with Crippen molar-refractivity contribution in [3.05, 3.63) is 29.8 Å². The molecule has 0 saturated heterocycles.